The first-order valence-electron chi connectivity index (χ1n) is 9.05. The molecule has 4 nitrogen and oxygen atoms in total. The Kier molecular flexibility index (Phi) is 5.46. The van der Waals surface area contributed by atoms with E-state index < -0.39 is 11.5 Å². The Balaban J connectivity index is 1.66. The minimum atomic E-state index is -1.89. The summed E-state index contributed by atoms with van der Waals surface area (Å²) in [6.45, 7) is 0.285. The number of hydrogen-bond donors (Lipinski definition) is 1. The molecule has 146 valence electrons. The largest absolute Gasteiger partial charge is 0.375 e. The first kappa shape index (κ1) is 20.1. The summed E-state index contributed by atoms with van der Waals surface area (Å²) in [5.41, 5.74) is 0.539. The fraction of sp³-hybridized carbons (Fsp3) is 0.130. The number of amides is 1. The van der Waals surface area contributed by atoms with Gasteiger partial charge < -0.3 is 10.0 Å². The number of benzene rings is 3. The molecule has 1 aliphatic heterocycles. The Bertz CT molecular complexity index is 1080. The fourth-order valence-corrected chi connectivity index (χ4v) is 4.06. The van der Waals surface area contributed by atoms with Crippen molar-refractivity contribution in [3.63, 3.8) is 0 Å². The van der Waals surface area contributed by atoms with Crippen molar-refractivity contribution in [2.24, 2.45) is 0 Å². The van der Waals surface area contributed by atoms with Crippen LogP contribution < -0.4 is 4.90 Å². The normalized spacial score (nSPS) is 18.0. The molecule has 3 aromatic carbocycles. The van der Waals surface area contributed by atoms with Gasteiger partial charge in [-0.25, -0.2) is 0 Å². The van der Waals surface area contributed by atoms with Gasteiger partial charge in [0, 0.05) is 19.7 Å². The summed E-state index contributed by atoms with van der Waals surface area (Å²) in [7, 11) is 0. The Morgan fingerprint density at radius 1 is 1.00 bits per heavy atom. The highest BCUT2D eigenvalue weighted by Gasteiger charge is 2.50. The number of carbonyl (C=O) groups excluding carboxylic acids is 2. The van der Waals surface area contributed by atoms with Gasteiger partial charge in [0.25, 0.3) is 5.91 Å². The molecule has 0 aliphatic carbocycles. The van der Waals surface area contributed by atoms with Crippen molar-refractivity contribution < 1.29 is 14.7 Å². The van der Waals surface area contributed by atoms with Gasteiger partial charge in [-0.2, -0.15) is 0 Å². The van der Waals surface area contributed by atoms with Gasteiger partial charge in [0.1, 0.15) is 0 Å². The maximum atomic E-state index is 13.3. The summed E-state index contributed by atoms with van der Waals surface area (Å²) in [6.07, 6.45) is -0.305. The van der Waals surface area contributed by atoms with Crippen LogP contribution in [0.15, 0.2) is 72.8 Å². The lowest BCUT2D eigenvalue weighted by atomic mass is 9.88. The molecule has 1 atom stereocenters. The number of fused-ring (bicyclic) bond motifs is 1. The standard InChI is InChI=1S/C23H17ClINO3/c24-17-9-5-15(6-10-17)14-26-20-4-2-1-3-19(20)23(29,22(26)28)13-21(27)16-7-11-18(25)12-8-16/h1-12,29H,13-14H2. The predicted octanol–water partition coefficient (Wildman–Crippen LogP) is 4.95. The second-order valence-electron chi connectivity index (χ2n) is 7.00. The number of carbonyl (C=O) groups is 2. The van der Waals surface area contributed by atoms with Crippen molar-refractivity contribution in [3.8, 4) is 0 Å². The number of Topliss-reactive ketones (excluding diaryl/α,β-unsaturated/α-hetero) is 1. The molecule has 4 rings (SSSR count). The third-order valence-corrected chi connectivity index (χ3v) is 6.05. The smallest absolute Gasteiger partial charge is 0.264 e. The number of para-hydroxylation sites is 1. The molecule has 0 spiro atoms. The van der Waals surface area contributed by atoms with Gasteiger partial charge in [-0.15, -0.1) is 0 Å². The van der Waals surface area contributed by atoms with Crippen LogP contribution in [0.25, 0.3) is 0 Å². The lowest BCUT2D eigenvalue weighted by Gasteiger charge is -2.23. The van der Waals surface area contributed by atoms with Crippen molar-refractivity contribution in [2.75, 3.05) is 4.90 Å². The van der Waals surface area contributed by atoms with Crippen LogP contribution in [0.5, 0.6) is 0 Å². The van der Waals surface area contributed by atoms with E-state index in [1.54, 1.807) is 42.5 Å². The molecule has 0 fully saturated rings. The van der Waals surface area contributed by atoms with Gasteiger partial charge >= 0.3 is 0 Å². The average molecular weight is 518 g/mol. The summed E-state index contributed by atoms with van der Waals surface area (Å²) >= 11 is 8.11. The molecule has 0 radical (unpaired) electrons. The molecule has 0 bridgehead atoms. The molecule has 6 heteroatoms. The molecule has 1 N–H and O–H groups in total. The van der Waals surface area contributed by atoms with Crippen molar-refractivity contribution in [3.05, 3.63) is 98.1 Å². The second kappa shape index (κ2) is 7.89. The quantitative estimate of drug-likeness (QED) is 0.385. The number of rotatable bonds is 5. The topological polar surface area (TPSA) is 57.6 Å². The zero-order valence-corrected chi connectivity index (χ0v) is 18.2. The highest BCUT2D eigenvalue weighted by molar-refractivity contribution is 14.1. The third-order valence-electron chi connectivity index (χ3n) is 5.08. The van der Waals surface area contributed by atoms with Crippen LogP contribution in [0.1, 0.15) is 27.9 Å². The molecule has 0 aromatic heterocycles. The molecule has 29 heavy (non-hydrogen) atoms. The summed E-state index contributed by atoms with van der Waals surface area (Å²) in [5, 5.41) is 12.0. The van der Waals surface area contributed by atoms with E-state index in [2.05, 4.69) is 22.6 Å². The van der Waals surface area contributed by atoms with Crippen LogP contribution in [-0.4, -0.2) is 16.8 Å². The Hall–Kier alpha value is -2.22. The van der Waals surface area contributed by atoms with E-state index >= 15 is 0 Å². The molecule has 1 aliphatic rings. The Labute approximate surface area is 187 Å². The van der Waals surface area contributed by atoms with E-state index in [-0.39, 0.29) is 18.7 Å². The molecule has 3 aromatic rings. The lowest BCUT2D eigenvalue weighted by molar-refractivity contribution is -0.136. The predicted molar refractivity (Wildman–Crippen MR) is 121 cm³/mol. The molecule has 0 saturated carbocycles. The maximum Gasteiger partial charge on any atom is 0.264 e. The van der Waals surface area contributed by atoms with Crippen LogP contribution >= 0.6 is 34.2 Å². The summed E-state index contributed by atoms with van der Waals surface area (Å²) < 4.78 is 1.01. The zero-order valence-electron chi connectivity index (χ0n) is 15.3. The minimum Gasteiger partial charge on any atom is -0.375 e. The minimum absolute atomic E-state index is 0.277. The van der Waals surface area contributed by atoms with E-state index in [4.69, 9.17) is 11.6 Å². The van der Waals surface area contributed by atoms with Gasteiger partial charge in [-0.1, -0.05) is 54.1 Å². The van der Waals surface area contributed by atoms with Crippen molar-refractivity contribution in [1.82, 2.24) is 0 Å². The van der Waals surface area contributed by atoms with Crippen LogP contribution in [0, 0.1) is 3.57 Å². The number of hydrogen-bond acceptors (Lipinski definition) is 3. The van der Waals surface area contributed by atoms with Gasteiger partial charge in [-0.3, -0.25) is 9.59 Å². The average Bonchev–Trinajstić information content (AvgIpc) is 2.92. The SMILES string of the molecule is O=C(CC1(O)C(=O)N(Cc2ccc(Cl)cc2)c2ccccc21)c1ccc(I)cc1. The second-order valence-corrected chi connectivity index (χ2v) is 8.68. The molecule has 1 heterocycles. The number of nitrogens with zero attached hydrogens (tertiary/aromatic N) is 1. The van der Waals surface area contributed by atoms with Crippen LogP contribution in [0.2, 0.25) is 5.02 Å². The molecule has 1 amide bonds. The van der Waals surface area contributed by atoms with E-state index in [9.17, 15) is 14.7 Å². The molecule has 0 saturated heterocycles. The van der Waals surface area contributed by atoms with Crippen molar-refractivity contribution in [2.45, 2.75) is 18.6 Å². The Morgan fingerprint density at radius 2 is 1.66 bits per heavy atom. The molecule has 1 unspecified atom stereocenters. The zero-order chi connectivity index (χ0) is 20.6. The highest BCUT2D eigenvalue weighted by atomic mass is 127. The van der Waals surface area contributed by atoms with Gasteiger partial charge in [0.15, 0.2) is 11.4 Å². The highest BCUT2D eigenvalue weighted by Crippen LogP contribution is 2.43. The van der Waals surface area contributed by atoms with E-state index in [1.165, 1.54) is 4.90 Å². The number of halogens is 2. The third kappa shape index (κ3) is 3.82. The number of aliphatic hydroxyl groups is 1. The summed E-state index contributed by atoms with van der Waals surface area (Å²) in [4.78, 5) is 27.6. The summed E-state index contributed by atoms with van der Waals surface area (Å²) in [5.74, 6) is -0.770. The van der Waals surface area contributed by atoms with Crippen molar-refractivity contribution in [1.29, 1.82) is 0 Å². The van der Waals surface area contributed by atoms with Gasteiger partial charge in [0.05, 0.1) is 18.7 Å². The number of ketones is 1. The van der Waals surface area contributed by atoms with Crippen LogP contribution in [0.3, 0.4) is 0 Å². The Morgan fingerprint density at radius 3 is 2.34 bits per heavy atom. The first-order valence-corrected chi connectivity index (χ1v) is 10.5. The monoisotopic (exact) mass is 517 g/mol. The van der Waals surface area contributed by atoms with E-state index in [0.29, 0.717) is 21.8 Å². The first-order chi connectivity index (χ1) is 13.9. The van der Waals surface area contributed by atoms with Gasteiger partial charge in [0.2, 0.25) is 0 Å². The van der Waals surface area contributed by atoms with E-state index in [0.717, 1.165) is 9.13 Å². The van der Waals surface area contributed by atoms with E-state index in [1.807, 2.05) is 30.3 Å². The fourth-order valence-electron chi connectivity index (χ4n) is 3.58. The maximum absolute atomic E-state index is 13.3. The van der Waals surface area contributed by atoms with Crippen LogP contribution in [0.4, 0.5) is 5.69 Å². The van der Waals surface area contributed by atoms with Gasteiger partial charge in [-0.05, 0) is 58.5 Å². The lowest BCUT2D eigenvalue weighted by Crippen LogP contribution is -2.41. The van der Waals surface area contributed by atoms with Crippen molar-refractivity contribution >= 4 is 51.6 Å². The molecular formula is C23H17ClINO3. The summed E-state index contributed by atoms with van der Waals surface area (Å²) in [6, 6.07) is 21.3. The molecular weight excluding hydrogens is 501 g/mol. The number of anilines is 1. The van der Waals surface area contributed by atoms with Crippen LogP contribution in [-0.2, 0) is 16.9 Å².